The van der Waals surface area contributed by atoms with Crippen molar-refractivity contribution in [2.24, 2.45) is 5.92 Å². The van der Waals surface area contributed by atoms with Gasteiger partial charge in [-0.05, 0) is 43.9 Å². The first-order valence-corrected chi connectivity index (χ1v) is 12.6. The standard InChI is InChI=1S/C25H35N3O4S/c1-19(2)17-26-25(30)21(4)28(16-15-22-9-7-6-8-10-22)24(29)18-27(5)33(31,32)23-13-11-20(3)12-14-23/h6-14,19,21H,15-18H2,1-5H3,(H,26,30)/t21-/m1/s1. The van der Waals surface area contributed by atoms with Gasteiger partial charge in [-0.1, -0.05) is 61.9 Å². The minimum absolute atomic E-state index is 0.127. The van der Waals surface area contributed by atoms with E-state index in [2.05, 4.69) is 5.32 Å². The fraction of sp³-hybridized carbons (Fsp3) is 0.440. The number of amides is 2. The highest BCUT2D eigenvalue weighted by molar-refractivity contribution is 7.89. The summed E-state index contributed by atoms with van der Waals surface area (Å²) in [5, 5.41) is 2.87. The van der Waals surface area contributed by atoms with E-state index in [1.807, 2.05) is 51.1 Å². The van der Waals surface area contributed by atoms with Crippen molar-refractivity contribution in [1.82, 2.24) is 14.5 Å². The Morgan fingerprint density at radius 1 is 0.970 bits per heavy atom. The Morgan fingerprint density at radius 3 is 2.15 bits per heavy atom. The van der Waals surface area contributed by atoms with Gasteiger partial charge in [0.25, 0.3) is 0 Å². The minimum Gasteiger partial charge on any atom is -0.354 e. The molecule has 0 bridgehead atoms. The molecule has 0 fully saturated rings. The van der Waals surface area contributed by atoms with Crippen LogP contribution in [0, 0.1) is 12.8 Å². The van der Waals surface area contributed by atoms with Crippen LogP contribution in [0.1, 0.15) is 31.9 Å². The van der Waals surface area contributed by atoms with Crippen LogP contribution in [-0.4, -0.2) is 62.2 Å². The van der Waals surface area contributed by atoms with Gasteiger partial charge in [-0.15, -0.1) is 0 Å². The van der Waals surface area contributed by atoms with E-state index in [0.717, 1.165) is 15.4 Å². The quantitative estimate of drug-likeness (QED) is 0.544. The Kier molecular flexibility index (Phi) is 9.61. The highest BCUT2D eigenvalue weighted by Gasteiger charge is 2.30. The predicted octanol–water partition coefficient (Wildman–Crippen LogP) is 2.85. The third kappa shape index (κ3) is 7.68. The number of hydrogen-bond acceptors (Lipinski definition) is 4. The molecular weight excluding hydrogens is 438 g/mol. The number of hydrogen-bond donors (Lipinski definition) is 1. The maximum atomic E-state index is 13.2. The first kappa shape index (κ1) is 26.5. The van der Waals surface area contributed by atoms with Crippen LogP contribution in [0.2, 0.25) is 0 Å². The van der Waals surface area contributed by atoms with Crippen molar-refractivity contribution in [2.75, 3.05) is 26.7 Å². The number of nitrogens with zero attached hydrogens (tertiary/aromatic N) is 2. The van der Waals surface area contributed by atoms with Gasteiger partial charge in [0.2, 0.25) is 21.8 Å². The zero-order chi connectivity index (χ0) is 24.6. The summed E-state index contributed by atoms with van der Waals surface area (Å²) in [6, 6.07) is 15.4. The Labute approximate surface area is 197 Å². The Bertz CT molecular complexity index is 1020. The van der Waals surface area contributed by atoms with Crippen LogP contribution in [0.25, 0.3) is 0 Å². The van der Waals surface area contributed by atoms with Crippen LogP contribution in [0.3, 0.4) is 0 Å². The summed E-state index contributed by atoms with van der Waals surface area (Å²) in [5.41, 5.74) is 1.98. The fourth-order valence-electron chi connectivity index (χ4n) is 3.28. The minimum atomic E-state index is -3.83. The molecule has 1 N–H and O–H groups in total. The third-order valence-electron chi connectivity index (χ3n) is 5.42. The summed E-state index contributed by atoms with van der Waals surface area (Å²) < 4.78 is 26.9. The molecule has 33 heavy (non-hydrogen) atoms. The fourth-order valence-corrected chi connectivity index (χ4v) is 4.40. The maximum absolute atomic E-state index is 13.2. The molecule has 2 aromatic rings. The lowest BCUT2D eigenvalue weighted by molar-refractivity contribution is -0.139. The topological polar surface area (TPSA) is 86.8 Å². The molecule has 1 atom stereocenters. The van der Waals surface area contributed by atoms with Crippen molar-refractivity contribution >= 4 is 21.8 Å². The summed E-state index contributed by atoms with van der Waals surface area (Å²) in [6.07, 6.45) is 0.558. The van der Waals surface area contributed by atoms with Crippen LogP contribution < -0.4 is 5.32 Å². The van der Waals surface area contributed by atoms with Crippen molar-refractivity contribution in [3.8, 4) is 0 Å². The van der Waals surface area contributed by atoms with E-state index < -0.39 is 22.0 Å². The van der Waals surface area contributed by atoms with Crippen molar-refractivity contribution < 1.29 is 18.0 Å². The predicted molar refractivity (Wildman–Crippen MR) is 130 cm³/mol. The second-order valence-corrected chi connectivity index (χ2v) is 10.8. The average molecular weight is 474 g/mol. The molecule has 8 heteroatoms. The molecule has 0 unspecified atom stereocenters. The van der Waals surface area contributed by atoms with Gasteiger partial charge in [-0.2, -0.15) is 4.31 Å². The zero-order valence-electron chi connectivity index (χ0n) is 20.1. The number of carbonyl (C=O) groups excluding carboxylic acids is 2. The molecule has 7 nitrogen and oxygen atoms in total. The van der Waals surface area contributed by atoms with Gasteiger partial charge in [0, 0.05) is 20.1 Å². The molecule has 0 aliphatic carbocycles. The van der Waals surface area contributed by atoms with Crippen LogP contribution in [0.4, 0.5) is 0 Å². The largest absolute Gasteiger partial charge is 0.354 e. The maximum Gasteiger partial charge on any atom is 0.243 e. The molecule has 2 aromatic carbocycles. The van der Waals surface area contributed by atoms with Gasteiger partial charge in [0.1, 0.15) is 6.04 Å². The SMILES string of the molecule is Cc1ccc(S(=O)(=O)N(C)CC(=O)N(CCc2ccccc2)[C@H](C)C(=O)NCC(C)C)cc1. The molecule has 0 saturated carbocycles. The lowest BCUT2D eigenvalue weighted by Gasteiger charge is -2.30. The number of likely N-dealkylation sites (N-methyl/N-ethyl adjacent to an activating group) is 1. The van der Waals surface area contributed by atoms with Crippen LogP contribution in [0.5, 0.6) is 0 Å². The molecule has 0 radical (unpaired) electrons. The van der Waals surface area contributed by atoms with E-state index in [0.29, 0.717) is 19.5 Å². The monoisotopic (exact) mass is 473 g/mol. The van der Waals surface area contributed by atoms with Gasteiger partial charge < -0.3 is 10.2 Å². The lowest BCUT2D eigenvalue weighted by Crippen LogP contribution is -2.52. The van der Waals surface area contributed by atoms with E-state index in [-0.39, 0.29) is 23.3 Å². The van der Waals surface area contributed by atoms with Crippen molar-refractivity contribution in [3.63, 3.8) is 0 Å². The van der Waals surface area contributed by atoms with E-state index >= 15 is 0 Å². The summed E-state index contributed by atoms with van der Waals surface area (Å²) in [4.78, 5) is 27.5. The number of rotatable bonds is 11. The van der Waals surface area contributed by atoms with Crippen molar-refractivity contribution in [2.45, 2.75) is 45.1 Å². The van der Waals surface area contributed by atoms with Crippen molar-refractivity contribution in [1.29, 1.82) is 0 Å². The first-order valence-electron chi connectivity index (χ1n) is 11.2. The van der Waals surface area contributed by atoms with Gasteiger partial charge in [0.15, 0.2) is 0 Å². The molecule has 2 amide bonds. The molecular formula is C25H35N3O4S. The Morgan fingerprint density at radius 2 is 1.58 bits per heavy atom. The van der Waals surface area contributed by atoms with E-state index in [4.69, 9.17) is 0 Å². The third-order valence-corrected chi connectivity index (χ3v) is 7.24. The van der Waals surface area contributed by atoms with Crippen molar-refractivity contribution in [3.05, 3.63) is 65.7 Å². The molecule has 2 rings (SSSR count). The zero-order valence-corrected chi connectivity index (χ0v) is 20.9. The molecule has 0 aromatic heterocycles. The van der Waals surface area contributed by atoms with E-state index in [9.17, 15) is 18.0 Å². The Hall–Kier alpha value is -2.71. The van der Waals surface area contributed by atoms with Gasteiger partial charge in [-0.3, -0.25) is 9.59 Å². The second kappa shape index (κ2) is 12.0. The molecule has 0 spiro atoms. The van der Waals surface area contributed by atoms with Crippen LogP contribution in [0.15, 0.2) is 59.5 Å². The number of aryl methyl sites for hydroxylation is 1. The highest BCUT2D eigenvalue weighted by Crippen LogP contribution is 2.16. The molecule has 0 heterocycles. The average Bonchev–Trinajstić information content (AvgIpc) is 2.78. The van der Waals surface area contributed by atoms with Gasteiger partial charge in [-0.25, -0.2) is 8.42 Å². The molecule has 180 valence electrons. The number of carbonyl (C=O) groups is 2. The van der Waals surface area contributed by atoms with Gasteiger partial charge >= 0.3 is 0 Å². The number of sulfonamides is 1. The van der Waals surface area contributed by atoms with E-state index in [1.54, 1.807) is 19.1 Å². The highest BCUT2D eigenvalue weighted by atomic mass is 32.2. The summed E-state index contributed by atoms with van der Waals surface area (Å²) in [7, 11) is -2.45. The number of nitrogens with one attached hydrogen (secondary N) is 1. The molecule has 0 saturated heterocycles. The summed E-state index contributed by atoms with van der Waals surface area (Å²) in [6.45, 7) is 7.99. The normalized spacial score (nSPS) is 12.6. The van der Waals surface area contributed by atoms with Crippen LogP contribution >= 0.6 is 0 Å². The lowest BCUT2D eigenvalue weighted by atomic mass is 10.1. The molecule has 0 aliphatic heterocycles. The van der Waals surface area contributed by atoms with Gasteiger partial charge in [0.05, 0.1) is 11.4 Å². The smallest absolute Gasteiger partial charge is 0.243 e. The second-order valence-electron chi connectivity index (χ2n) is 8.71. The Balaban J connectivity index is 2.18. The first-order chi connectivity index (χ1) is 15.5. The molecule has 0 aliphatic rings. The van der Waals surface area contributed by atoms with Crippen LogP contribution in [-0.2, 0) is 26.0 Å². The van der Waals surface area contributed by atoms with E-state index in [1.165, 1.54) is 24.1 Å². The summed E-state index contributed by atoms with van der Waals surface area (Å²) >= 11 is 0. The summed E-state index contributed by atoms with van der Waals surface area (Å²) in [5.74, 6) is -0.397. The number of benzene rings is 2.